The number of benzene rings is 1. The lowest BCUT2D eigenvalue weighted by Gasteiger charge is -2.30. The summed E-state index contributed by atoms with van der Waals surface area (Å²) in [5, 5.41) is 3.39. The van der Waals surface area contributed by atoms with Crippen LogP contribution in [-0.4, -0.2) is 28.9 Å². The molecule has 1 N–H and O–H groups in total. The SMILES string of the molecule is Cc1ccc(C)c(Nc2cncc(C(=O)N3CCC(C)CC3)c2)c1. The van der Waals surface area contributed by atoms with Crippen LogP contribution in [0.5, 0.6) is 0 Å². The summed E-state index contributed by atoms with van der Waals surface area (Å²) in [6, 6.07) is 8.19. The van der Waals surface area contributed by atoms with E-state index in [2.05, 4.69) is 49.3 Å². The number of amides is 1. The Morgan fingerprint density at radius 1 is 1.17 bits per heavy atom. The van der Waals surface area contributed by atoms with E-state index in [1.165, 1.54) is 11.1 Å². The van der Waals surface area contributed by atoms with Crippen molar-refractivity contribution in [3.8, 4) is 0 Å². The minimum Gasteiger partial charge on any atom is -0.354 e. The number of anilines is 2. The van der Waals surface area contributed by atoms with Gasteiger partial charge in [-0.2, -0.15) is 0 Å². The van der Waals surface area contributed by atoms with Crippen molar-refractivity contribution in [1.29, 1.82) is 0 Å². The third kappa shape index (κ3) is 3.75. The molecule has 1 aliphatic heterocycles. The van der Waals surface area contributed by atoms with Crippen molar-refractivity contribution in [2.75, 3.05) is 18.4 Å². The minimum atomic E-state index is 0.0824. The number of rotatable bonds is 3. The predicted octanol–water partition coefficient (Wildman–Crippen LogP) is 4.31. The minimum absolute atomic E-state index is 0.0824. The van der Waals surface area contributed by atoms with Crippen molar-refractivity contribution in [2.24, 2.45) is 5.92 Å². The zero-order valence-electron chi connectivity index (χ0n) is 14.7. The Bertz CT molecular complexity index is 733. The molecule has 0 saturated carbocycles. The monoisotopic (exact) mass is 323 g/mol. The van der Waals surface area contributed by atoms with Crippen LogP contribution in [0, 0.1) is 19.8 Å². The molecule has 1 fully saturated rings. The quantitative estimate of drug-likeness (QED) is 0.915. The number of hydrogen-bond donors (Lipinski definition) is 1. The Hall–Kier alpha value is -2.36. The molecule has 0 aliphatic carbocycles. The molecule has 2 heterocycles. The molecule has 0 atom stereocenters. The Labute approximate surface area is 143 Å². The molecule has 0 spiro atoms. The molecular formula is C20H25N3O. The number of piperidine rings is 1. The summed E-state index contributed by atoms with van der Waals surface area (Å²) in [6.45, 7) is 8.07. The Morgan fingerprint density at radius 2 is 1.92 bits per heavy atom. The summed E-state index contributed by atoms with van der Waals surface area (Å²) < 4.78 is 0. The van der Waals surface area contributed by atoms with E-state index in [9.17, 15) is 4.79 Å². The van der Waals surface area contributed by atoms with E-state index < -0.39 is 0 Å². The maximum Gasteiger partial charge on any atom is 0.255 e. The molecular weight excluding hydrogens is 298 g/mol. The molecule has 2 aromatic rings. The molecule has 0 radical (unpaired) electrons. The van der Waals surface area contributed by atoms with Gasteiger partial charge in [0.1, 0.15) is 0 Å². The van der Waals surface area contributed by atoms with Crippen molar-refractivity contribution in [2.45, 2.75) is 33.6 Å². The number of nitrogens with one attached hydrogen (secondary N) is 1. The van der Waals surface area contributed by atoms with Gasteiger partial charge in [-0.15, -0.1) is 0 Å². The molecule has 126 valence electrons. The van der Waals surface area contributed by atoms with Crippen molar-refractivity contribution in [3.63, 3.8) is 0 Å². The van der Waals surface area contributed by atoms with Crippen LogP contribution in [-0.2, 0) is 0 Å². The lowest BCUT2D eigenvalue weighted by Crippen LogP contribution is -2.37. The number of aromatic nitrogens is 1. The second-order valence-corrected chi connectivity index (χ2v) is 6.88. The van der Waals surface area contributed by atoms with Crippen LogP contribution in [0.3, 0.4) is 0 Å². The van der Waals surface area contributed by atoms with Gasteiger partial charge in [-0.1, -0.05) is 19.1 Å². The normalized spacial score (nSPS) is 15.4. The Morgan fingerprint density at radius 3 is 2.67 bits per heavy atom. The average molecular weight is 323 g/mol. The largest absolute Gasteiger partial charge is 0.354 e. The van der Waals surface area contributed by atoms with Gasteiger partial charge in [0.2, 0.25) is 0 Å². The number of carbonyl (C=O) groups excluding carboxylic acids is 1. The maximum absolute atomic E-state index is 12.7. The number of likely N-dealkylation sites (tertiary alicyclic amines) is 1. The first kappa shape index (κ1) is 16.5. The van der Waals surface area contributed by atoms with Gasteiger partial charge in [0.15, 0.2) is 0 Å². The molecule has 1 saturated heterocycles. The van der Waals surface area contributed by atoms with E-state index in [1.807, 2.05) is 11.0 Å². The van der Waals surface area contributed by atoms with E-state index >= 15 is 0 Å². The third-order valence-corrected chi connectivity index (χ3v) is 4.73. The predicted molar refractivity (Wildman–Crippen MR) is 97.7 cm³/mol. The fourth-order valence-electron chi connectivity index (χ4n) is 3.05. The number of carbonyl (C=O) groups is 1. The molecule has 1 amide bonds. The van der Waals surface area contributed by atoms with Gasteiger partial charge in [0.05, 0.1) is 17.4 Å². The molecule has 4 heteroatoms. The van der Waals surface area contributed by atoms with Gasteiger partial charge in [-0.3, -0.25) is 9.78 Å². The third-order valence-electron chi connectivity index (χ3n) is 4.73. The second-order valence-electron chi connectivity index (χ2n) is 6.88. The van der Waals surface area contributed by atoms with Gasteiger partial charge in [0, 0.05) is 25.0 Å². The van der Waals surface area contributed by atoms with Crippen molar-refractivity contribution in [1.82, 2.24) is 9.88 Å². The van der Waals surface area contributed by atoms with Crippen LogP contribution in [0.1, 0.15) is 41.3 Å². The fraction of sp³-hybridized carbons (Fsp3) is 0.400. The van der Waals surface area contributed by atoms with Gasteiger partial charge >= 0.3 is 0 Å². The topological polar surface area (TPSA) is 45.2 Å². The smallest absolute Gasteiger partial charge is 0.255 e. The second kappa shape index (κ2) is 7.04. The molecule has 24 heavy (non-hydrogen) atoms. The highest BCUT2D eigenvalue weighted by Crippen LogP contribution is 2.23. The van der Waals surface area contributed by atoms with E-state index in [4.69, 9.17) is 0 Å². The first-order chi connectivity index (χ1) is 11.5. The zero-order chi connectivity index (χ0) is 17.1. The number of hydrogen-bond acceptors (Lipinski definition) is 3. The molecule has 1 aromatic carbocycles. The van der Waals surface area contributed by atoms with Crippen LogP contribution < -0.4 is 5.32 Å². The van der Waals surface area contributed by atoms with Crippen LogP contribution >= 0.6 is 0 Å². The van der Waals surface area contributed by atoms with Crippen LogP contribution in [0.4, 0.5) is 11.4 Å². The van der Waals surface area contributed by atoms with Gasteiger partial charge in [0.25, 0.3) is 5.91 Å². The molecule has 1 aromatic heterocycles. The molecule has 0 unspecified atom stereocenters. The Kier molecular flexibility index (Phi) is 4.84. The van der Waals surface area contributed by atoms with E-state index in [0.717, 1.165) is 37.3 Å². The van der Waals surface area contributed by atoms with Gasteiger partial charge in [-0.25, -0.2) is 0 Å². The highest BCUT2D eigenvalue weighted by molar-refractivity contribution is 5.95. The van der Waals surface area contributed by atoms with Crippen LogP contribution in [0.25, 0.3) is 0 Å². The summed E-state index contributed by atoms with van der Waals surface area (Å²) in [5.74, 6) is 0.795. The highest BCUT2D eigenvalue weighted by Gasteiger charge is 2.21. The maximum atomic E-state index is 12.7. The highest BCUT2D eigenvalue weighted by atomic mass is 16.2. The summed E-state index contributed by atoms with van der Waals surface area (Å²) in [6.07, 6.45) is 5.59. The van der Waals surface area contributed by atoms with Crippen LogP contribution in [0.2, 0.25) is 0 Å². The molecule has 3 rings (SSSR count). The van der Waals surface area contributed by atoms with Crippen LogP contribution in [0.15, 0.2) is 36.7 Å². The first-order valence-electron chi connectivity index (χ1n) is 8.61. The summed E-state index contributed by atoms with van der Waals surface area (Å²) in [5.41, 5.74) is 4.92. The van der Waals surface area contributed by atoms with Gasteiger partial charge < -0.3 is 10.2 Å². The van der Waals surface area contributed by atoms with E-state index in [-0.39, 0.29) is 5.91 Å². The fourth-order valence-corrected chi connectivity index (χ4v) is 3.05. The molecule has 1 aliphatic rings. The van der Waals surface area contributed by atoms with Crippen molar-refractivity contribution >= 4 is 17.3 Å². The number of nitrogens with zero attached hydrogens (tertiary/aromatic N) is 2. The molecule has 0 bridgehead atoms. The van der Waals surface area contributed by atoms with E-state index in [0.29, 0.717) is 11.5 Å². The zero-order valence-corrected chi connectivity index (χ0v) is 14.7. The summed E-state index contributed by atoms with van der Waals surface area (Å²) in [4.78, 5) is 18.9. The number of aryl methyl sites for hydroxylation is 2. The summed E-state index contributed by atoms with van der Waals surface area (Å²) >= 11 is 0. The lowest BCUT2D eigenvalue weighted by atomic mass is 9.99. The lowest BCUT2D eigenvalue weighted by molar-refractivity contribution is 0.0697. The number of pyridine rings is 1. The van der Waals surface area contributed by atoms with Crippen molar-refractivity contribution < 1.29 is 4.79 Å². The van der Waals surface area contributed by atoms with Gasteiger partial charge in [-0.05, 0) is 55.9 Å². The first-order valence-corrected chi connectivity index (χ1v) is 8.61. The summed E-state index contributed by atoms with van der Waals surface area (Å²) in [7, 11) is 0. The van der Waals surface area contributed by atoms with E-state index in [1.54, 1.807) is 12.4 Å². The Balaban J connectivity index is 1.76. The molecule has 4 nitrogen and oxygen atoms in total. The standard InChI is InChI=1S/C20H25N3O/c1-14-6-8-23(9-7-14)20(24)17-11-18(13-21-12-17)22-19-10-15(2)4-5-16(19)3/h4-5,10-14,22H,6-9H2,1-3H3. The average Bonchev–Trinajstić information content (AvgIpc) is 2.58. The van der Waals surface area contributed by atoms with Crippen molar-refractivity contribution in [3.05, 3.63) is 53.3 Å².